The molecule has 0 N–H and O–H groups in total. The SMILES string of the molecule is C\C=C/C=C(\C=C/C)C(C)(C)CC(C)(C)SC(C)(C)C(C)(C)C(C)C. The van der Waals surface area contributed by atoms with Crippen molar-refractivity contribution in [3.8, 4) is 0 Å². The third-order valence-corrected chi connectivity index (χ3v) is 7.72. The Labute approximate surface area is 163 Å². The summed E-state index contributed by atoms with van der Waals surface area (Å²) >= 11 is 2.16. The van der Waals surface area contributed by atoms with Crippen molar-refractivity contribution in [1.82, 2.24) is 0 Å². The van der Waals surface area contributed by atoms with Gasteiger partial charge in [0.05, 0.1) is 0 Å². The summed E-state index contributed by atoms with van der Waals surface area (Å²) in [6.45, 7) is 28.2. The van der Waals surface area contributed by atoms with Gasteiger partial charge in [-0.3, -0.25) is 0 Å². The molecule has 0 heterocycles. The van der Waals surface area contributed by atoms with E-state index in [1.165, 1.54) is 5.57 Å². The summed E-state index contributed by atoms with van der Waals surface area (Å²) < 4.78 is 0.421. The average Bonchev–Trinajstić information content (AvgIpc) is 2.40. The van der Waals surface area contributed by atoms with Gasteiger partial charge in [-0.15, -0.1) is 11.8 Å². The quantitative estimate of drug-likeness (QED) is 0.370. The van der Waals surface area contributed by atoms with E-state index in [1.807, 2.05) is 0 Å². The Hall–Kier alpha value is -0.430. The molecule has 0 aliphatic rings. The molecule has 0 aromatic heterocycles. The number of rotatable bonds is 9. The highest BCUT2D eigenvalue weighted by molar-refractivity contribution is 8.01. The molecule has 25 heavy (non-hydrogen) atoms. The third kappa shape index (κ3) is 7.00. The highest BCUT2D eigenvalue weighted by atomic mass is 32.2. The van der Waals surface area contributed by atoms with Gasteiger partial charge in [-0.1, -0.05) is 99.6 Å². The predicted octanol–water partition coefficient (Wildman–Crippen LogP) is 8.45. The van der Waals surface area contributed by atoms with E-state index in [2.05, 4.69) is 125 Å². The van der Waals surface area contributed by atoms with Gasteiger partial charge >= 0.3 is 0 Å². The lowest BCUT2D eigenvalue weighted by Gasteiger charge is -2.49. The number of hydrogen-bond donors (Lipinski definition) is 0. The van der Waals surface area contributed by atoms with Crippen LogP contribution in [-0.2, 0) is 0 Å². The molecule has 1 heteroatoms. The van der Waals surface area contributed by atoms with Crippen LogP contribution in [0.2, 0.25) is 0 Å². The zero-order chi connectivity index (χ0) is 20.1. The molecular weight excluding hydrogens is 320 g/mol. The van der Waals surface area contributed by atoms with E-state index in [0.29, 0.717) is 5.92 Å². The van der Waals surface area contributed by atoms with Crippen LogP contribution in [0.3, 0.4) is 0 Å². The first-order valence-electron chi connectivity index (χ1n) is 9.79. The maximum Gasteiger partial charge on any atom is 0.0162 e. The molecule has 0 rings (SSSR count). The van der Waals surface area contributed by atoms with Crippen LogP contribution in [0.1, 0.15) is 89.5 Å². The molecule has 0 amide bonds. The molecule has 0 spiro atoms. The number of allylic oxidation sites excluding steroid dienone is 6. The minimum atomic E-state index is 0.139. The maximum atomic E-state index is 2.43. The van der Waals surface area contributed by atoms with E-state index in [-0.39, 0.29) is 20.3 Å². The highest BCUT2D eigenvalue weighted by Gasteiger charge is 2.44. The maximum absolute atomic E-state index is 2.43. The largest absolute Gasteiger partial charge is 0.149 e. The van der Waals surface area contributed by atoms with E-state index in [0.717, 1.165) is 6.42 Å². The van der Waals surface area contributed by atoms with Crippen LogP contribution in [0.15, 0.2) is 36.0 Å². The highest BCUT2D eigenvalue weighted by Crippen LogP contribution is 2.53. The normalized spacial score (nSPS) is 15.8. The zero-order valence-corrected chi connectivity index (χ0v) is 19.9. The van der Waals surface area contributed by atoms with Gasteiger partial charge in [0.25, 0.3) is 0 Å². The van der Waals surface area contributed by atoms with Crippen molar-refractivity contribution >= 4 is 11.8 Å². The predicted molar refractivity (Wildman–Crippen MR) is 120 cm³/mol. The molecular formula is C24H44S. The first-order chi connectivity index (χ1) is 11.1. The first-order valence-corrected chi connectivity index (χ1v) is 10.6. The van der Waals surface area contributed by atoms with Crippen LogP contribution in [0.5, 0.6) is 0 Å². The lowest BCUT2D eigenvalue weighted by molar-refractivity contribution is 0.189. The molecule has 0 saturated carbocycles. The van der Waals surface area contributed by atoms with Crippen LogP contribution in [-0.4, -0.2) is 9.49 Å². The average molecular weight is 365 g/mol. The molecule has 0 aliphatic heterocycles. The molecule has 0 atom stereocenters. The lowest BCUT2D eigenvalue weighted by Crippen LogP contribution is -2.44. The van der Waals surface area contributed by atoms with Gasteiger partial charge in [-0.25, -0.2) is 0 Å². The molecule has 146 valence electrons. The standard InChI is InChI=1S/C24H44S/c1-13-15-17-20(16-14-2)21(5,6)18-22(7,8)25-24(11,12)23(9,10)19(3)4/h13-17,19H,18H2,1-12H3/b15-13-,16-14-,20-17+. The molecule has 0 fully saturated rings. The van der Waals surface area contributed by atoms with E-state index in [9.17, 15) is 0 Å². The van der Waals surface area contributed by atoms with E-state index < -0.39 is 0 Å². The zero-order valence-electron chi connectivity index (χ0n) is 19.1. The number of thioether (sulfide) groups is 1. The Morgan fingerprint density at radius 3 is 1.80 bits per heavy atom. The Bertz CT molecular complexity index is 496. The summed E-state index contributed by atoms with van der Waals surface area (Å²) in [5.74, 6) is 0.659. The Morgan fingerprint density at radius 2 is 1.40 bits per heavy atom. The van der Waals surface area contributed by atoms with Crippen LogP contribution in [0.4, 0.5) is 0 Å². The number of hydrogen-bond acceptors (Lipinski definition) is 1. The van der Waals surface area contributed by atoms with Gasteiger partial charge in [0, 0.05) is 9.49 Å². The molecule has 0 aromatic carbocycles. The molecule has 0 aromatic rings. The van der Waals surface area contributed by atoms with Gasteiger partial charge in [0.15, 0.2) is 0 Å². The minimum absolute atomic E-state index is 0.139. The fourth-order valence-electron chi connectivity index (χ4n) is 3.61. The summed E-state index contributed by atoms with van der Waals surface area (Å²) in [5.41, 5.74) is 1.83. The van der Waals surface area contributed by atoms with Gasteiger partial charge < -0.3 is 0 Å². The summed E-state index contributed by atoms with van der Waals surface area (Å²) in [6.07, 6.45) is 12.1. The molecule has 0 radical (unpaired) electrons. The van der Waals surface area contributed by atoms with E-state index >= 15 is 0 Å². The van der Waals surface area contributed by atoms with Crippen molar-refractivity contribution in [2.75, 3.05) is 0 Å². The second kappa shape index (κ2) is 8.98. The van der Waals surface area contributed by atoms with Crippen molar-refractivity contribution in [3.05, 3.63) is 36.0 Å². The monoisotopic (exact) mass is 364 g/mol. The fraction of sp³-hybridized carbons (Fsp3) is 0.750. The summed E-state index contributed by atoms with van der Waals surface area (Å²) in [4.78, 5) is 0. The van der Waals surface area contributed by atoms with Gasteiger partial charge in [-0.05, 0) is 42.6 Å². The second-order valence-electron chi connectivity index (χ2n) is 9.96. The molecule has 0 bridgehead atoms. The molecule has 0 saturated heterocycles. The van der Waals surface area contributed by atoms with Crippen molar-refractivity contribution in [2.45, 2.75) is 99.0 Å². The molecule has 0 unspecified atom stereocenters. The summed E-state index contributed by atoms with van der Waals surface area (Å²) in [7, 11) is 0. The molecule has 0 nitrogen and oxygen atoms in total. The lowest BCUT2D eigenvalue weighted by atomic mass is 9.71. The van der Waals surface area contributed by atoms with Gasteiger partial charge in [0.2, 0.25) is 0 Å². The minimum Gasteiger partial charge on any atom is -0.149 e. The Kier molecular flexibility index (Phi) is 8.82. The first kappa shape index (κ1) is 24.6. The van der Waals surface area contributed by atoms with Crippen molar-refractivity contribution in [3.63, 3.8) is 0 Å². The van der Waals surface area contributed by atoms with Crippen LogP contribution in [0, 0.1) is 16.7 Å². The van der Waals surface area contributed by atoms with Crippen LogP contribution in [0.25, 0.3) is 0 Å². The summed E-state index contributed by atoms with van der Waals surface area (Å²) in [6, 6.07) is 0. The van der Waals surface area contributed by atoms with E-state index in [1.54, 1.807) is 0 Å². The molecule has 0 aliphatic carbocycles. The van der Waals surface area contributed by atoms with Crippen LogP contribution >= 0.6 is 11.8 Å². The van der Waals surface area contributed by atoms with Gasteiger partial charge in [-0.2, -0.15) is 0 Å². The Morgan fingerprint density at radius 1 is 0.880 bits per heavy atom. The van der Waals surface area contributed by atoms with Crippen LogP contribution < -0.4 is 0 Å². The summed E-state index contributed by atoms with van der Waals surface area (Å²) in [5, 5.41) is 0. The van der Waals surface area contributed by atoms with Crippen molar-refractivity contribution in [2.24, 2.45) is 16.7 Å². The Balaban J connectivity index is 5.54. The van der Waals surface area contributed by atoms with Crippen molar-refractivity contribution < 1.29 is 0 Å². The van der Waals surface area contributed by atoms with Gasteiger partial charge in [0.1, 0.15) is 0 Å². The van der Waals surface area contributed by atoms with E-state index in [4.69, 9.17) is 0 Å². The second-order valence-corrected chi connectivity index (χ2v) is 12.3. The topological polar surface area (TPSA) is 0 Å². The smallest absolute Gasteiger partial charge is 0.0162 e. The fourth-order valence-corrected chi connectivity index (χ4v) is 5.92. The van der Waals surface area contributed by atoms with Crippen molar-refractivity contribution in [1.29, 1.82) is 0 Å². The third-order valence-electron chi connectivity index (χ3n) is 5.99.